The van der Waals surface area contributed by atoms with Crippen LogP contribution in [0.15, 0.2) is 48.5 Å². The van der Waals surface area contributed by atoms with E-state index in [0.717, 1.165) is 30.5 Å². The summed E-state index contributed by atoms with van der Waals surface area (Å²) in [6, 6.07) is 16.9. The van der Waals surface area contributed by atoms with Crippen LogP contribution in [0, 0.1) is 17.2 Å². The molecule has 0 radical (unpaired) electrons. The largest absolute Gasteiger partial charge is 0.377 e. The minimum atomic E-state index is -0.153. The van der Waals surface area contributed by atoms with Crippen molar-refractivity contribution >= 4 is 23.1 Å². The predicted octanol–water partition coefficient (Wildman–Crippen LogP) is 5.12. The number of carbonyl (C=O) groups excluding carboxylic acids is 1. The highest BCUT2D eigenvalue weighted by atomic mass is 35.5. The van der Waals surface area contributed by atoms with E-state index in [4.69, 9.17) is 16.9 Å². The van der Waals surface area contributed by atoms with Crippen molar-refractivity contribution < 1.29 is 4.79 Å². The molecule has 24 heavy (non-hydrogen) atoms. The van der Waals surface area contributed by atoms with Gasteiger partial charge < -0.3 is 5.32 Å². The van der Waals surface area contributed by atoms with E-state index in [9.17, 15) is 4.79 Å². The number of anilines is 1. The van der Waals surface area contributed by atoms with E-state index in [1.807, 2.05) is 36.4 Å². The van der Waals surface area contributed by atoms with Crippen molar-refractivity contribution in [2.75, 3.05) is 5.32 Å². The summed E-state index contributed by atoms with van der Waals surface area (Å²) in [5, 5.41) is 13.1. The molecule has 0 aliphatic heterocycles. The van der Waals surface area contributed by atoms with E-state index >= 15 is 0 Å². The molecule has 4 heteroatoms. The molecule has 1 N–H and O–H groups in total. The zero-order valence-corrected chi connectivity index (χ0v) is 14.1. The van der Waals surface area contributed by atoms with Crippen LogP contribution >= 0.6 is 11.6 Å². The van der Waals surface area contributed by atoms with Crippen molar-refractivity contribution in [3.05, 3.63) is 64.7 Å². The standard InChI is InChI=1S/C20H19ClN2O/c21-18-7-3-1-5-16(18)20(17-6-2-4-8-19(17)24)23-15-11-9-14(13-22)10-12-15/h1,3,5,7,9-12,17,20,23H,2,4,6,8H2/t17-,20+/m1/s1. The topological polar surface area (TPSA) is 52.9 Å². The number of benzene rings is 2. The van der Waals surface area contributed by atoms with Gasteiger partial charge in [0.2, 0.25) is 0 Å². The first-order valence-electron chi connectivity index (χ1n) is 8.23. The molecule has 0 amide bonds. The normalized spacial score (nSPS) is 18.7. The van der Waals surface area contributed by atoms with Crippen LogP contribution in [0.1, 0.15) is 42.9 Å². The first-order chi connectivity index (χ1) is 11.7. The number of carbonyl (C=O) groups is 1. The second kappa shape index (κ2) is 7.51. The summed E-state index contributed by atoms with van der Waals surface area (Å²) in [7, 11) is 0. The number of rotatable bonds is 4. The van der Waals surface area contributed by atoms with Gasteiger partial charge in [0.15, 0.2) is 0 Å². The molecule has 2 aromatic rings. The van der Waals surface area contributed by atoms with Crippen LogP contribution in [-0.2, 0) is 4.79 Å². The van der Waals surface area contributed by atoms with Gasteiger partial charge in [-0.15, -0.1) is 0 Å². The third kappa shape index (κ3) is 3.60. The van der Waals surface area contributed by atoms with Crippen molar-refractivity contribution in [3.63, 3.8) is 0 Å². The number of nitriles is 1. The van der Waals surface area contributed by atoms with Crippen molar-refractivity contribution in [3.8, 4) is 6.07 Å². The molecule has 0 aromatic heterocycles. The lowest BCUT2D eigenvalue weighted by Crippen LogP contribution is -2.30. The molecule has 1 fully saturated rings. The number of nitrogens with zero attached hydrogens (tertiary/aromatic N) is 1. The van der Waals surface area contributed by atoms with Gasteiger partial charge in [0.25, 0.3) is 0 Å². The minimum absolute atomic E-state index is 0.0747. The molecule has 0 spiro atoms. The second-order valence-electron chi connectivity index (χ2n) is 6.15. The molecule has 1 saturated carbocycles. The Morgan fingerprint density at radius 1 is 1.12 bits per heavy atom. The molecular formula is C20H19ClN2O. The molecule has 3 rings (SSSR count). The van der Waals surface area contributed by atoms with Gasteiger partial charge in [-0.2, -0.15) is 5.26 Å². The van der Waals surface area contributed by atoms with E-state index in [2.05, 4.69) is 11.4 Å². The van der Waals surface area contributed by atoms with E-state index in [0.29, 0.717) is 22.8 Å². The lowest BCUT2D eigenvalue weighted by Gasteiger charge is -2.31. The van der Waals surface area contributed by atoms with Crippen molar-refractivity contribution in [2.24, 2.45) is 5.92 Å². The van der Waals surface area contributed by atoms with Gasteiger partial charge in [-0.25, -0.2) is 0 Å². The Morgan fingerprint density at radius 3 is 2.54 bits per heavy atom. The Balaban J connectivity index is 1.93. The summed E-state index contributed by atoms with van der Waals surface area (Å²) < 4.78 is 0. The molecule has 0 heterocycles. The molecule has 3 nitrogen and oxygen atoms in total. The predicted molar refractivity (Wildman–Crippen MR) is 95.9 cm³/mol. The van der Waals surface area contributed by atoms with Crippen LogP contribution in [0.3, 0.4) is 0 Å². The van der Waals surface area contributed by atoms with Crippen molar-refractivity contribution in [1.82, 2.24) is 0 Å². The number of hydrogen-bond donors (Lipinski definition) is 1. The minimum Gasteiger partial charge on any atom is -0.377 e. The van der Waals surface area contributed by atoms with Gasteiger partial charge in [-0.1, -0.05) is 36.2 Å². The van der Waals surface area contributed by atoms with Crippen molar-refractivity contribution in [2.45, 2.75) is 31.7 Å². The van der Waals surface area contributed by atoms with Crippen molar-refractivity contribution in [1.29, 1.82) is 5.26 Å². The fraction of sp³-hybridized carbons (Fsp3) is 0.300. The average Bonchev–Trinajstić information content (AvgIpc) is 2.62. The number of ketones is 1. The number of halogens is 1. The summed E-state index contributed by atoms with van der Waals surface area (Å²) in [6.45, 7) is 0. The maximum Gasteiger partial charge on any atom is 0.138 e. The Morgan fingerprint density at radius 2 is 1.88 bits per heavy atom. The fourth-order valence-corrected chi connectivity index (χ4v) is 3.56. The van der Waals surface area contributed by atoms with Crippen LogP contribution in [0.5, 0.6) is 0 Å². The molecule has 122 valence electrons. The van der Waals surface area contributed by atoms with Crippen LogP contribution in [-0.4, -0.2) is 5.78 Å². The lowest BCUT2D eigenvalue weighted by atomic mass is 9.80. The molecule has 2 atom stereocenters. The van der Waals surface area contributed by atoms with Crippen LogP contribution < -0.4 is 5.32 Å². The summed E-state index contributed by atoms with van der Waals surface area (Å²) in [5.41, 5.74) is 2.45. The highest BCUT2D eigenvalue weighted by Crippen LogP contribution is 2.37. The summed E-state index contributed by atoms with van der Waals surface area (Å²) in [4.78, 5) is 12.5. The first-order valence-corrected chi connectivity index (χ1v) is 8.60. The van der Waals surface area contributed by atoms with Gasteiger partial charge in [-0.3, -0.25) is 4.79 Å². The van der Waals surface area contributed by atoms with E-state index < -0.39 is 0 Å². The molecule has 0 saturated heterocycles. The zero-order chi connectivity index (χ0) is 16.9. The Labute approximate surface area is 147 Å². The van der Waals surface area contributed by atoms with E-state index in [-0.39, 0.29) is 12.0 Å². The monoisotopic (exact) mass is 338 g/mol. The van der Waals surface area contributed by atoms with Gasteiger partial charge in [-0.05, 0) is 48.7 Å². The van der Waals surface area contributed by atoms with Gasteiger partial charge in [0.05, 0.1) is 17.7 Å². The van der Waals surface area contributed by atoms with E-state index in [1.54, 1.807) is 12.1 Å². The average molecular weight is 339 g/mol. The van der Waals surface area contributed by atoms with Crippen LogP contribution in [0.4, 0.5) is 5.69 Å². The third-order valence-electron chi connectivity index (χ3n) is 4.58. The molecule has 1 aliphatic carbocycles. The number of nitrogens with one attached hydrogen (secondary N) is 1. The fourth-order valence-electron chi connectivity index (χ4n) is 3.31. The highest BCUT2D eigenvalue weighted by molar-refractivity contribution is 6.31. The first kappa shape index (κ1) is 16.5. The molecule has 1 aliphatic rings. The molecular weight excluding hydrogens is 320 g/mol. The van der Waals surface area contributed by atoms with Gasteiger partial charge >= 0.3 is 0 Å². The molecule has 0 bridgehead atoms. The number of Topliss-reactive ketones (excluding diaryl/α,β-unsaturated/α-hetero) is 1. The maximum absolute atomic E-state index is 12.5. The zero-order valence-electron chi connectivity index (χ0n) is 13.3. The summed E-state index contributed by atoms with van der Waals surface area (Å²) in [5.74, 6) is 0.224. The Kier molecular flexibility index (Phi) is 5.17. The third-order valence-corrected chi connectivity index (χ3v) is 4.92. The Hall–Kier alpha value is -2.31. The smallest absolute Gasteiger partial charge is 0.138 e. The van der Waals surface area contributed by atoms with Crippen LogP contribution in [0.25, 0.3) is 0 Å². The number of hydrogen-bond acceptors (Lipinski definition) is 3. The highest BCUT2D eigenvalue weighted by Gasteiger charge is 2.32. The maximum atomic E-state index is 12.5. The van der Waals surface area contributed by atoms with Gasteiger partial charge in [0.1, 0.15) is 5.78 Å². The van der Waals surface area contributed by atoms with Gasteiger partial charge in [0, 0.05) is 23.0 Å². The summed E-state index contributed by atoms with van der Waals surface area (Å²) in [6.07, 6.45) is 3.55. The lowest BCUT2D eigenvalue weighted by molar-refractivity contribution is -0.125. The molecule has 2 aromatic carbocycles. The molecule has 0 unspecified atom stereocenters. The summed E-state index contributed by atoms with van der Waals surface area (Å²) >= 11 is 6.41. The second-order valence-corrected chi connectivity index (χ2v) is 6.56. The quantitative estimate of drug-likeness (QED) is 0.841. The van der Waals surface area contributed by atoms with E-state index in [1.165, 1.54) is 0 Å². The SMILES string of the molecule is N#Cc1ccc(N[C@@H](c2ccccc2Cl)[C@@H]2CCCCC2=O)cc1. The van der Waals surface area contributed by atoms with Crippen LogP contribution in [0.2, 0.25) is 5.02 Å². The Bertz CT molecular complexity index is 764.